The zero-order valence-corrected chi connectivity index (χ0v) is 16.6. The van der Waals surface area contributed by atoms with E-state index >= 15 is 0 Å². The Kier molecular flexibility index (Phi) is 7.80. The molecule has 0 aliphatic heterocycles. The summed E-state index contributed by atoms with van der Waals surface area (Å²) in [5, 5.41) is 9.39. The van der Waals surface area contributed by atoms with Crippen molar-refractivity contribution < 1.29 is 27.8 Å². The number of halogens is 4. The van der Waals surface area contributed by atoms with Crippen LogP contribution in [-0.2, 0) is 6.42 Å². The van der Waals surface area contributed by atoms with Gasteiger partial charge in [-0.15, -0.1) is 25.6 Å². The second kappa shape index (κ2) is 9.69. The third-order valence-electron chi connectivity index (χ3n) is 5.13. The molecule has 1 fully saturated rings. The van der Waals surface area contributed by atoms with E-state index in [1.807, 2.05) is 24.3 Å². The van der Waals surface area contributed by atoms with E-state index in [1.165, 1.54) is 17.7 Å². The highest BCUT2D eigenvalue weighted by molar-refractivity contribution is 5.85. The molecule has 0 aromatic heterocycles. The summed E-state index contributed by atoms with van der Waals surface area (Å²) in [4.78, 5) is 0. The van der Waals surface area contributed by atoms with Crippen LogP contribution in [0.3, 0.4) is 0 Å². The molecule has 0 unspecified atom stereocenters. The first kappa shape index (κ1) is 23.3. The van der Waals surface area contributed by atoms with Gasteiger partial charge in [0.25, 0.3) is 0 Å². The van der Waals surface area contributed by atoms with Gasteiger partial charge < -0.3 is 20.3 Å². The van der Waals surface area contributed by atoms with Crippen molar-refractivity contribution in [1.82, 2.24) is 0 Å². The monoisotopic (exact) mass is 431 g/mol. The molecule has 1 aliphatic rings. The molecule has 1 saturated carbocycles. The zero-order valence-electron chi connectivity index (χ0n) is 15.8. The smallest absolute Gasteiger partial charge is 0.493 e. The minimum atomic E-state index is -4.68. The maximum Gasteiger partial charge on any atom is 0.573 e. The van der Waals surface area contributed by atoms with Crippen LogP contribution >= 0.6 is 12.4 Å². The highest BCUT2D eigenvalue weighted by Crippen LogP contribution is 2.39. The van der Waals surface area contributed by atoms with Crippen LogP contribution < -0.4 is 15.2 Å². The fourth-order valence-electron chi connectivity index (χ4n) is 3.57. The number of aliphatic hydroxyl groups is 1. The number of rotatable bonds is 7. The maximum atomic E-state index is 12.2. The fraction of sp³-hybridized carbons (Fsp3) is 0.429. The first-order chi connectivity index (χ1) is 13.3. The molecule has 0 bridgehead atoms. The molecule has 160 valence electrons. The van der Waals surface area contributed by atoms with Gasteiger partial charge in [0.05, 0.1) is 13.2 Å². The first-order valence-electron chi connectivity index (χ1n) is 9.24. The van der Waals surface area contributed by atoms with Crippen molar-refractivity contribution in [2.45, 2.75) is 43.5 Å². The Morgan fingerprint density at radius 2 is 1.66 bits per heavy atom. The average molecular weight is 432 g/mol. The molecule has 3 rings (SSSR count). The van der Waals surface area contributed by atoms with Crippen molar-refractivity contribution in [3.05, 3.63) is 59.7 Å². The lowest BCUT2D eigenvalue weighted by Gasteiger charge is -2.21. The van der Waals surface area contributed by atoms with Crippen LogP contribution in [0.4, 0.5) is 13.2 Å². The minimum absolute atomic E-state index is 0. The number of hydrogen-bond donors (Lipinski definition) is 2. The summed E-state index contributed by atoms with van der Waals surface area (Å²) in [5.41, 5.74) is 7.72. The van der Waals surface area contributed by atoms with Crippen molar-refractivity contribution in [1.29, 1.82) is 0 Å². The number of hydrogen-bond acceptors (Lipinski definition) is 4. The molecule has 3 N–H and O–H groups in total. The summed E-state index contributed by atoms with van der Waals surface area (Å²) in [5.74, 6) is 0.853. The van der Waals surface area contributed by atoms with Gasteiger partial charge in [-0.1, -0.05) is 24.3 Å². The molecule has 0 saturated heterocycles. The van der Waals surface area contributed by atoms with Gasteiger partial charge in [-0.05, 0) is 60.6 Å². The van der Waals surface area contributed by atoms with Gasteiger partial charge in [0.1, 0.15) is 11.5 Å². The average Bonchev–Trinajstić information content (AvgIpc) is 3.06. The lowest BCUT2D eigenvalue weighted by molar-refractivity contribution is -0.274. The second-order valence-corrected chi connectivity index (χ2v) is 7.32. The lowest BCUT2D eigenvalue weighted by Crippen LogP contribution is -2.40. The summed E-state index contributed by atoms with van der Waals surface area (Å²) in [7, 11) is 0. The fourth-order valence-corrected chi connectivity index (χ4v) is 3.57. The van der Waals surface area contributed by atoms with Crippen LogP contribution in [0.2, 0.25) is 0 Å². The predicted molar refractivity (Wildman–Crippen MR) is 107 cm³/mol. The van der Waals surface area contributed by atoms with E-state index in [9.17, 15) is 18.3 Å². The van der Waals surface area contributed by atoms with Gasteiger partial charge in [0, 0.05) is 12.0 Å². The van der Waals surface area contributed by atoms with Crippen LogP contribution in [0.15, 0.2) is 48.5 Å². The Hall–Kier alpha value is -1.96. The highest BCUT2D eigenvalue weighted by Gasteiger charge is 2.35. The molecule has 0 heterocycles. The van der Waals surface area contributed by atoms with Crippen molar-refractivity contribution in [2.24, 2.45) is 5.73 Å². The summed E-state index contributed by atoms with van der Waals surface area (Å²) >= 11 is 0. The summed E-state index contributed by atoms with van der Waals surface area (Å²) < 4.78 is 46.0. The van der Waals surface area contributed by atoms with Gasteiger partial charge in [-0.2, -0.15) is 0 Å². The molecule has 2 atom stereocenters. The molecule has 0 spiro atoms. The lowest BCUT2D eigenvalue weighted by atomic mass is 9.94. The molecule has 4 nitrogen and oxygen atoms in total. The van der Waals surface area contributed by atoms with E-state index < -0.39 is 11.9 Å². The SMILES string of the molecule is Cl.N[C@]1(CO)CC[C@@H](c2ccc(OCCc3ccc(OC(F)(F)F)cc3)cc2)C1. The molecular weight excluding hydrogens is 407 g/mol. The minimum Gasteiger partial charge on any atom is -0.493 e. The van der Waals surface area contributed by atoms with E-state index in [0.29, 0.717) is 18.9 Å². The maximum absolute atomic E-state index is 12.2. The quantitative estimate of drug-likeness (QED) is 0.673. The standard InChI is InChI=1S/C21H24F3NO3.ClH/c22-21(23,24)28-19-5-1-15(2-6-19)10-12-27-18-7-3-16(4-8-18)17-9-11-20(25,13-17)14-26;/h1-8,17,26H,9-14,25H2;1H/t17-,20-;/m1./s1. The predicted octanol–water partition coefficient (Wildman–Crippen LogP) is 4.59. The second-order valence-electron chi connectivity index (χ2n) is 7.32. The van der Waals surface area contributed by atoms with E-state index in [4.69, 9.17) is 10.5 Å². The molecule has 2 aromatic rings. The Morgan fingerprint density at radius 3 is 2.21 bits per heavy atom. The Labute approximate surface area is 174 Å². The number of aliphatic hydroxyl groups excluding tert-OH is 1. The molecular formula is C21H25ClF3NO3. The molecule has 2 aromatic carbocycles. The largest absolute Gasteiger partial charge is 0.573 e. The van der Waals surface area contributed by atoms with E-state index in [-0.39, 0.29) is 24.8 Å². The van der Waals surface area contributed by atoms with Crippen LogP contribution in [0.1, 0.15) is 36.3 Å². The third-order valence-corrected chi connectivity index (χ3v) is 5.13. The van der Waals surface area contributed by atoms with E-state index in [0.717, 1.165) is 30.6 Å². The van der Waals surface area contributed by atoms with Crippen molar-refractivity contribution >= 4 is 12.4 Å². The Balaban J connectivity index is 0.00000300. The zero-order chi connectivity index (χ0) is 20.2. The summed E-state index contributed by atoms with van der Waals surface area (Å²) in [6.07, 6.45) is -1.55. The first-order valence-corrected chi connectivity index (χ1v) is 9.24. The number of ether oxygens (including phenoxy) is 2. The molecule has 0 amide bonds. The van der Waals surface area contributed by atoms with Gasteiger partial charge in [-0.25, -0.2) is 0 Å². The van der Waals surface area contributed by atoms with Crippen LogP contribution in [0, 0.1) is 0 Å². The van der Waals surface area contributed by atoms with Crippen molar-refractivity contribution in [3.63, 3.8) is 0 Å². The molecule has 1 aliphatic carbocycles. The van der Waals surface area contributed by atoms with Crippen LogP contribution in [-0.4, -0.2) is 30.2 Å². The number of alkyl halides is 3. The van der Waals surface area contributed by atoms with Gasteiger partial charge in [-0.3, -0.25) is 0 Å². The highest BCUT2D eigenvalue weighted by atomic mass is 35.5. The van der Waals surface area contributed by atoms with E-state index in [2.05, 4.69) is 4.74 Å². The molecule has 29 heavy (non-hydrogen) atoms. The normalized spacial score (nSPS) is 21.5. The molecule has 0 radical (unpaired) electrons. The van der Waals surface area contributed by atoms with Gasteiger partial charge >= 0.3 is 6.36 Å². The van der Waals surface area contributed by atoms with E-state index in [1.54, 1.807) is 12.1 Å². The van der Waals surface area contributed by atoms with Gasteiger partial charge in [0.15, 0.2) is 0 Å². The number of nitrogens with two attached hydrogens (primary N) is 1. The van der Waals surface area contributed by atoms with Crippen molar-refractivity contribution in [2.75, 3.05) is 13.2 Å². The van der Waals surface area contributed by atoms with Crippen LogP contribution in [0.25, 0.3) is 0 Å². The Bertz CT molecular complexity index is 768. The third kappa shape index (κ3) is 6.80. The molecule has 8 heteroatoms. The Morgan fingerprint density at radius 1 is 1.03 bits per heavy atom. The van der Waals surface area contributed by atoms with Crippen molar-refractivity contribution in [3.8, 4) is 11.5 Å². The topological polar surface area (TPSA) is 64.7 Å². The summed E-state index contributed by atoms with van der Waals surface area (Å²) in [6, 6.07) is 13.6. The summed E-state index contributed by atoms with van der Waals surface area (Å²) in [6.45, 7) is 0.423. The number of benzene rings is 2. The van der Waals surface area contributed by atoms with Gasteiger partial charge in [0.2, 0.25) is 0 Å². The van der Waals surface area contributed by atoms with Crippen LogP contribution in [0.5, 0.6) is 11.5 Å².